The maximum atomic E-state index is 12.6. The molecule has 0 N–H and O–H groups in total. The van der Waals surface area contributed by atoms with Gasteiger partial charge in [0.05, 0.1) is 10.8 Å². The van der Waals surface area contributed by atoms with E-state index in [2.05, 4.69) is 4.98 Å². The number of carbonyl (C=O) groups is 3. The number of carbonyl (C=O) groups excluding carboxylic acids is 3. The number of pyridine rings is 1. The van der Waals surface area contributed by atoms with Gasteiger partial charge in [0.25, 0.3) is 0 Å². The Hall–Kier alpha value is -3.07. The van der Waals surface area contributed by atoms with E-state index in [1.54, 1.807) is 11.1 Å². The average molecular weight is 456 g/mol. The molecular formula is C23H25N3O5S. The first kappa shape index (κ1) is 22.1. The van der Waals surface area contributed by atoms with E-state index in [0.717, 1.165) is 10.6 Å². The van der Waals surface area contributed by atoms with Crippen LogP contribution in [0.25, 0.3) is 0 Å². The summed E-state index contributed by atoms with van der Waals surface area (Å²) in [5.74, 6) is -0.103. The predicted octanol–water partition coefficient (Wildman–Crippen LogP) is 2.73. The maximum absolute atomic E-state index is 12.6. The van der Waals surface area contributed by atoms with E-state index in [1.807, 2.05) is 48.5 Å². The molecule has 2 amide bonds. The van der Waals surface area contributed by atoms with Gasteiger partial charge in [0.1, 0.15) is 13.2 Å². The van der Waals surface area contributed by atoms with E-state index in [4.69, 9.17) is 9.47 Å². The quantitative estimate of drug-likeness (QED) is 0.468. The summed E-state index contributed by atoms with van der Waals surface area (Å²) in [6, 6.07) is 14.1. The number of likely N-dealkylation sites (tertiary alicyclic amines) is 1. The van der Waals surface area contributed by atoms with Gasteiger partial charge >= 0.3 is 12.1 Å². The molecule has 32 heavy (non-hydrogen) atoms. The average Bonchev–Trinajstić information content (AvgIpc) is 3.24. The highest BCUT2D eigenvalue weighted by molar-refractivity contribution is 7.99. The lowest BCUT2D eigenvalue weighted by atomic mass is 10.0. The number of benzene rings is 1. The van der Waals surface area contributed by atoms with Gasteiger partial charge in [0, 0.05) is 25.3 Å². The number of ether oxygens (including phenoxy) is 2. The van der Waals surface area contributed by atoms with Gasteiger partial charge in [0.2, 0.25) is 5.91 Å². The fourth-order valence-corrected chi connectivity index (χ4v) is 4.66. The number of hydrogen-bond acceptors (Lipinski definition) is 7. The van der Waals surface area contributed by atoms with Gasteiger partial charge < -0.3 is 14.4 Å². The fourth-order valence-electron chi connectivity index (χ4n) is 3.90. The molecule has 0 saturated carbocycles. The van der Waals surface area contributed by atoms with Gasteiger partial charge in [-0.15, -0.1) is 0 Å². The van der Waals surface area contributed by atoms with E-state index in [1.165, 1.54) is 16.7 Å². The normalized spacial score (nSPS) is 19.0. The van der Waals surface area contributed by atoms with Gasteiger partial charge in [-0.25, -0.2) is 14.6 Å². The molecule has 2 aromatic rings. The number of piperidine rings is 1. The van der Waals surface area contributed by atoms with Crippen LogP contribution < -0.4 is 0 Å². The van der Waals surface area contributed by atoms with Crippen LogP contribution in [-0.4, -0.2) is 70.3 Å². The topological polar surface area (TPSA) is 89.0 Å². The number of nitrogens with zero attached hydrogens (tertiary/aromatic N) is 3. The summed E-state index contributed by atoms with van der Waals surface area (Å²) in [7, 11) is 0. The van der Waals surface area contributed by atoms with Crippen LogP contribution in [0.4, 0.5) is 4.79 Å². The van der Waals surface area contributed by atoms with Crippen molar-refractivity contribution in [1.29, 1.82) is 0 Å². The Morgan fingerprint density at radius 3 is 2.56 bits per heavy atom. The van der Waals surface area contributed by atoms with Crippen molar-refractivity contribution in [3.8, 4) is 0 Å². The Morgan fingerprint density at radius 2 is 1.84 bits per heavy atom. The summed E-state index contributed by atoms with van der Waals surface area (Å²) in [4.78, 5) is 45.1. The van der Waals surface area contributed by atoms with E-state index in [-0.39, 0.29) is 25.2 Å². The fraction of sp³-hybridized carbons (Fsp3) is 0.391. The SMILES string of the molecule is O=C(OCc1ccccc1)[C@@H]1COC(=O)N1C1CCN(C(=O)CSc2ccccn2)CC1. The minimum absolute atomic E-state index is 0.00762. The van der Waals surface area contributed by atoms with Crippen LogP contribution in [0.1, 0.15) is 18.4 Å². The van der Waals surface area contributed by atoms with E-state index >= 15 is 0 Å². The summed E-state index contributed by atoms with van der Waals surface area (Å²) >= 11 is 1.41. The molecule has 2 aliphatic rings. The molecule has 1 aromatic carbocycles. The largest absolute Gasteiger partial charge is 0.459 e. The van der Waals surface area contributed by atoms with Gasteiger partial charge in [-0.1, -0.05) is 48.2 Å². The Bertz CT molecular complexity index is 935. The monoisotopic (exact) mass is 455 g/mol. The standard InChI is InChI=1S/C23H25N3O5S/c27-21(16-32-20-8-4-5-11-24-20)25-12-9-18(10-13-25)26-19(15-31-23(26)29)22(28)30-14-17-6-2-1-3-7-17/h1-8,11,18-19H,9-10,12-16H2/t19-/m0/s1. The molecule has 2 saturated heterocycles. The van der Waals surface area contributed by atoms with Crippen LogP contribution in [-0.2, 0) is 25.7 Å². The van der Waals surface area contributed by atoms with Crippen molar-refractivity contribution in [3.05, 3.63) is 60.3 Å². The molecule has 0 spiro atoms. The molecule has 4 rings (SSSR count). The van der Waals surface area contributed by atoms with Gasteiger partial charge in [0.15, 0.2) is 6.04 Å². The second-order valence-corrected chi connectivity index (χ2v) is 8.66. The highest BCUT2D eigenvalue weighted by atomic mass is 32.2. The molecule has 2 fully saturated rings. The molecule has 168 valence electrons. The summed E-state index contributed by atoms with van der Waals surface area (Å²) < 4.78 is 10.6. The second kappa shape index (κ2) is 10.5. The highest BCUT2D eigenvalue weighted by Gasteiger charge is 2.44. The van der Waals surface area contributed by atoms with E-state index in [0.29, 0.717) is 31.7 Å². The first-order valence-corrected chi connectivity index (χ1v) is 11.6. The minimum atomic E-state index is -0.752. The van der Waals surface area contributed by atoms with Crippen molar-refractivity contribution in [2.24, 2.45) is 0 Å². The summed E-state index contributed by atoms with van der Waals surface area (Å²) in [6.45, 7) is 1.20. The molecule has 0 unspecified atom stereocenters. The van der Waals surface area contributed by atoms with Crippen molar-refractivity contribution in [2.75, 3.05) is 25.4 Å². The summed E-state index contributed by atoms with van der Waals surface area (Å²) in [5, 5.41) is 0.812. The molecule has 1 atom stereocenters. The first-order chi connectivity index (χ1) is 15.6. The first-order valence-electron chi connectivity index (χ1n) is 10.6. The van der Waals surface area contributed by atoms with E-state index < -0.39 is 18.1 Å². The number of cyclic esters (lactones) is 1. The van der Waals surface area contributed by atoms with Gasteiger partial charge in [-0.3, -0.25) is 9.69 Å². The third-order valence-corrected chi connectivity index (χ3v) is 6.53. The summed E-state index contributed by atoms with van der Waals surface area (Å²) in [5.41, 5.74) is 0.882. The van der Waals surface area contributed by atoms with Crippen molar-refractivity contribution >= 4 is 29.7 Å². The molecule has 3 heterocycles. The number of hydrogen-bond donors (Lipinski definition) is 0. The molecule has 0 bridgehead atoms. The Labute approximate surface area is 190 Å². The van der Waals surface area contributed by atoms with Crippen LogP contribution >= 0.6 is 11.8 Å². The lowest BCUT2D eigenvalue weighted by Crippen LogP contribution is -2.52. The predicted molar refractivity (Wildman–Crippen MR) is 118 cm³/mol. The van der Waals surface area contributed by atoms with Crippen LogP contribution in [0.3, 0.4) is 0 Å². The van der Waals surface area contributed by atoms with E-state index in [9.17, 15) is 14.4 Å². The molecule has 0 radical (unpaired) electrons. The number of esters is 1. The molecule has 1 aromatic heterocycles. The molecule has 9 heteroatoms. The smallest absolute Gasteiger partial charge is 0.410 e. The summed E-state index contributed by atoms with van der Waals surface area (Å²) in [6.07, 6.45) is 2.39. The van der Waals surface area contributed by atoms with Gasteiger partial charge in [-0.2, -0.15) is 0 Å². The van der Waals surface area contributed by atoms with Crippen molar-refractivity contribution in [3.63, 3.8) is 0 Å². The zero-order valence-corrected chi connectivity index (χ0v) is 18.4. The second-order valence-electron chi connectivity index (χ2n) is 7.66. The Morgan fingerprint density at radius 1 is 1.09 bits per heavy atom. The number of amides is 2. The number of rotatable bonds is 7. The lowest BCUT2D eigenvalue weighted by molar-refractivity contribution is -0.150. The number of thioether (sulfide) groups is 1. The zero-order chi connectivity index (χ0) is 22.3. The third kappa shape index (κ3) is 5.40. The van der Waals surface area contributed by atoms with Crippen LogP contribution in [0.15, 0.2) is 59.8 Å². The third-order valence-electron chi connectivity index (χ3n) is 5.60. The van der Waals surface area contributed by atoms with Crippen LogP contribution in [0.5, 0.6) is 0 Å². The molecule has 0 aliphatic carbocycles. The van der Waals surface area contributed by atoms with Crippen molar-refractivity contribution in [1.82, 2.24) is 14.8 Å². The number of aromatic nitrogens is 1. The lowest BCUT2D eigenvalue weighted by Gasteiger charge is -2.37. The molecule has 2 aliphatic heterocycles. The zero-order valence-electron chi connectivity index (χ0n) is 17.6. The van der Waals surface area contributed by atoms with Gasteiger partial charge in [-0.05, 0) is 30.5 Å². The maximum Gasteiger partial charge on any atom is 0.410 e. The molecular weight excluding hydrogens is 430 g/mol. The minimum Gasteiger partial charge on any atom is -0.459 e. The molecule has 8 nitrogen and oxygen atoms in total. The van der Waals surface area contributed by atoms with Crippen LogP contribution in [0.2, 0.25) is 0 Å². The van der Waals surface area contributed by atoms with Crippen LogP contribution in [0, 0.1) is 0 Å². The van der Waals surface area contributed by atoms with Crippen molar-refractivity contribution in [2.45, 2.75) is 36.6 Å². The highest BCUT2D eigenvalue weighted by Crippen LogP contribution is 2.26. The Balaban J connectivity index is 1.28. The Kier molecular flexibility index (Phi) is 7.26. The van der Waals surface area contributed by atoms with Crippen molar-refractivity contribution < 1.29 is 23.9 Å².